The van der Waals surface area contributed by atoms with Gasteiger partial charge in [0.2, 0.25) is 0 Å². The van der Waals surface area contributed by atoms with Crippen LogP contribution in [0.2, 0.25) is 0 Å². The van der Waals surface area contributed by atoms with Crippen LogP contribution in [0.1, 0.15) is 46.2 Å². The van der Waals surface area contributed by atoms with Crippen molar-refractivity contribution in [1.29, 1.82) is 0 Å². The Morgan fingerprint density at radius 1 is 0.815 bits per heavy atom. The summed E-state index contributed by atoms with van der Waals surface area (Å²) in [6, 6.07) is 24.0. The monoisotopic (exact) mass is 350 g/mol. The Bertz CT molecular complexity index is 1080. The third-order valence-corrected chi connectivity index (χ3v) is 5.75. The second kappa shape index (κ2) is 6.28. The molecule has 2 aliphatic rings. The molecule has 0 radical (unpaired) electrons. The molecule has 0 aliphatic heterocycles. The molecule has 1 nitrogen and oxygen atoms in total. The Kier molecular flexibility index (Phi) is 3.75. The molecule has 0 saturated carbocycles. The van der Waals surface area contributed by atoms with E-state index < -0.39 is 0 Å². The molecule has 1 heteroatoms. The number of rotatable bonds is 3. The smallest absolute Gasteiger partial charge is 0.118 e. The number of ether oxygens (including phenoxy) is 1. The maximum atomic E-state index is 5.35. The first kappa shape index (κ1) is 16.1. The molecule has 3 aromatic carbocycles. The van der Waals surface area contributed by atoms with Crippen molar-refractivity contribution >= 4 is 17.7 Å². The molecule has 0 fully saturated rings. The van der Waals surface area contributed by atoms with Gasteiger partial charge in [-0.3, -0.25) is 0 Å². The van der Waals surface area contributed by atoms with Crippen molar-refractivity contribution in [1.82, 2.24) is 0 Å². The van der Waals surface area contributed by atoms with E-state index in [0.717, 1.165) is 12.2 Å². The lowest BCUT2D eigenvalue weighted by Crippen LogP contribution is -2.04. The second-order valence-corrected chi connectivity index (χ2v) is 7.48. The minimum Gasteiger partial charge on any atom is -0.497 e. The van der Waals surface area contributed by atoms with Gasteiger partial charge in [-0.05, 0) is 70.5 Å². The molecule has 0 heterocycles. The number of methoxy groups -OCH3 is 1. The van der Waals surface area contributed by atoms with Gasteiger partial charge >= 0.3 is 0 Å². The fraction of sp³-hybridized carbons (Fsp3) is 0.154. The lowest BCUT2D eigenvalue weighted by Gasteiger charge is -2.21. The van der Waals surface area contributed by atoms with E-state index in [4.69, 9.17) is 4.74 Å². The number of hydrogen-bond donors (Lipinski definition) is 0. The van der Waals surface area contributed by atoms with Gasteiger partial charge in [0, 0.05) is 5.92 Å². The maximum Gasteiger partial charge on any atom is 0.118 e. The summed E-state index contributed by atoms with van der Waals surface area (Å²) in [5.41, 5.74) is 11.1. The number of allylic oxidation sites excluding steroid dienone is 2. The van der Waals surface area contributed by atoms with Gasteiger partial charge in [0.25, 0.3) is 0 Å². The minimum atomic E-state index is 0.270. The van der Waals surface area contributed by atoms with E-state index in [9.17, 15) is 0 Å². The predicted octanol–water partition coefficient (Wildman–Crippen LogP) is 6.34. The molecular formula is C26H22O. The van der Waals surface area contributed by atoms with Crippen molar-refractivity contribution in [2.45, 2.75) is 19.3 Å². The summed E-state index contributed by atoms with van der Waals surface area (Å²) < 4.78 is 5.35. The van der Waals surface area contributed by atoms with Crippen LogP contribution in [0.15, 0.2) is 72.3 Å². The van der Waals surface area contributed by atoms with E-state index >= 15 is 0 Å². The number of benzene rings is 3. The first-order valence-corrected chi connectivity index (χ1v) is 9.48. The largest absolute Gasteiger partial charge is 0.497 e. The van der Waals surface area contributed by atoms with Gasteiger partial charge in [-0.15, -0.1) is 0 Å². The van der Waals surface area contributed by atoms with Crippen molar-refractivity contribution < 1.29 is 4.74 Å². The normalized spacial score (nSPS) is 17.2. The fourth-order valence-corrected chi connectivity index (χ4v) is 4.50. The van der Waals surface area contributed by atoms with Crippen LogP contribution in [-0.2, 0) is 6.42 Å². The Morgan fingerprint density at radius 3 is 2.41 bits per heavy atom. The Hall–Kier alpha value is -3.06. The van der Waals surface area contributed by atoms with Gasteiger partial charge < -0.3 is 4.74 Å². The lowest BCUT2D eigenvalue weighted by atomic mass is 9.82. The quantitative estimate of drug-likeness (QED) is 0.535. The van der Waals surface area contributed by atoms with Crippen molar-refractivity contribution in [2.75, 3.05) is 7.11 Å². The average Bonchev–Trinajstić information content (AvgIpc) is 3.27. The summed E-state index contributed by atoms with van der Waals surface area (Å²) >= 11 is 0. The van der Waals surface area contributed by atoms with Gasteiger partial charge in [0.1, 0.15) is 5.75 Å². The summed E-state index contributed by atoms with van der Waals surface area (Å²) in [4.78, 5) is 0. The topological polar surface area (TPSA) is 9.23 Å². The van der Waals surface area contributed by atoms with Crippen molar-refractivity contribution in [3.8, 4) is 5.75 Å². The first-order valence-electron chi connectivity index (χ1n) is 9.48. The lowest BCUT2D eigenvalue weighted by molar-refractivity contribution is 0.415. The van der Waals surface area contributed by atoms with E-state index in [1.54, 1.807) is 7.11 Å². The third-order valence-electron chi connectivity index (χ3n) is 5.75. The van der Waals surface area contributed by atoms with Gasteiger partial charge in [-0.1, -0.05) is 66.2 Å². The molecule has 132 valence electrons. The molecule has 0 amide bonds. The average molecular weight is 350 g/mol. The van der Waals surface area contributed by atoms with Crippen LogP contribution in [0, 0.1) is 0 Å². The van der Waals surface area contributed by atoms with Crippen LogP contribution in [0.4, 0.5) is 0 Å². The predicted molar refractivity (Wildman–Crippen MR) is 113 cm³/mol. The second-order valence-electron chi connectivity index (χ2n) is 7.48. The molecule has 1 unspecified atom stereocenters. The molecule has 3 aromatic rings. The van der Waals surface area contributed by atoms with Crippen LogP contribution in [0.25, 0.3) is 17.7 Å². The van der Waals surface area contributed by atoms with Crippen LogP contribution in [-0.4, -0.2) is 7.11 Å². The van der Waals surface area contributed by atoms with E-state index in [1.807, 2.05) is 0 Å². The molecule has 27 heavy (non-hydrogen) atoms. The van der Waals surface area contributed by atoms with Gasteiger partial charge in [-0.2, -0.15) is 0 Å². The molecule has 5 rings (SSSR count). The van der Waals surface area contributed by atoms with Gasteiger partial charge in [-0.25, -0.2) is 0 Å². The highest BCUT2D eigenvalue weighted by molar-refractivity contribution is 5.94. The summed E-state index contributed by atoms with van der Waals surface area (Å²) in [5, 5.41) is 0. The van der Waals surface area contributed by atoms with Crippen LogP contribution in [0.5, 0.6) is 5.75 Å². The SMILES string of the molecule is COc1ccc(C2=Cc3ccccc3C2c2cccc3c2C=C(C)C3)cc1. The molecular weight excluding hydrogens is 328 g/mol. The van der Waals surface area contributed by atoms with Gasteiger partial charge in [0.05, 0.1) is 7.11 Å². The number of hydrogen-bond acceptors (Lipinski definition) is 1. The van der Waals surface area contributed by atoms with Crippen LogP contribution in [0.3, 0.4) is 0 Å². The van der Waals surface area contributed by atoms with E-state index in [0.29, 0.717) is 0 Å². The molecule has 0 bridgehead atoms. The minimum absolute atomic E-state index is 0.270. The molecule has 0 saturated heterocycles. The van der Waals surface area contributed by atoms with Crippen molar-refractivity contribution in [3.63, 3.8) is 0 Å². The highest BCUT2D eigenvalue weighted by Gasteiger charge is 2.30. The van der Waals surface area contributed by atoms with E-state index in [2.05, 4.69) is 85.8 Å². The maximum absolute atomic E-state index is 5.35. The molecule has 0 spiro atoms. The Morgan fingerprint density at radius 2 is 1.59 bits per heavy atom. The Labute approximate surface area is 160 Å². The standard InChI is InChI=1S/C26H22O/c1-17-14-19-7-5-9-23(24(19)15-17)26-22-8-4-3-6-20(22)16-25(26)18-10-12-21(27-2)13-11-18/h3-13,15-16,26H,14H2,1-2H3. The zero-order chi connectivity index (χ0) is 18.4. The number of fused-ring (bicyclic) bond motifs is 2. The zero-order valence-corrected chi connectivity index (χ0v) is 15.7. The fourth-order valence-electron chi connectivity index (χ4n) is 4.50. The Balaban J connectivity index is 1.69. The summed E-state index contributed by atoms with van der Waals surface area (Å²) in [6.45, 7) is 2.23. The molecule has 0 N–H and O–H groups in total. The van der Waals surface area contributed by atoms with E-state index in [-0.39, 0.29) is 5.92 Å². The summed E-state index contributed by atoms with van der Waals surface area (Å²) in [6.07, 6.45) is 5.79. The van der Waals surface area contributed by atoms with Gasteiger partial charge in [0.15, 0.2) is 0 Å². The highest BCUT2D eigenvalue weighted by atomic mass is 16.5. The van der Waals surface area contributed by atoms with E-state index in [1.165, 1.54) is 44.5 Å². The van der Waals surface area contributed by atoms with Crippen molar-refractivity contribution in [3.05, 3.63) is 106 Å². The molecule has 2 aliphatic carbocycles. The third kappa shape index (κ3) is 2.62. The van der Waals surface area contributed by atoms with Crippen LogP contribution < -0.4 is 4.74 Å². The highest BCUT2D eigenvalue weighted by Crippen LogP contribution is 2.48. The zero-order valence-electron chi connectivity index (χ0n) is 15.7. The molecule has 0 aromatic heterocycles. The van der Waals surface area contributed by atoms with Crippen molar-refractivity contribution in [2.24, 2.45) is 0 Å². The molecule has 1 atom stereocenters. The first-order chi connectivity index (χ1) is 13.2. The summed E-state index contributed by atoms with van der Waals surface area (Å²) in [7, 11) is 1.71. The summed E-state index contributed by atoms with van der Waals surface area (Å²) in [5.74, 6) is 1.16. The van der Waals surface area contributed by atoms with Crippen LogP contribution >= 0.6 is 0 Å².